The van der Waals surface area contributed by atoms with Gasteiger partial charge < -0.3 is 9.64 Å². The summed E-state index contributed by atoms with van der Waals surface area (Å²) < 4.78 is 5.23. The summed E-state index contributed by atoms with van der Waals surface area (Å²) in [4.78, 5) is 17.9. The minimum Gasteiger partial charge on any atom is -0.380 e. The van der Waals surface area contributed by atoms with Gasteiger partial charge in [-0.05, 0) is 19.1 Å². The number of carbonyl (C=O) groups is 1. The highest BCUT2D eigenvalue weighted by Gasteiger charge is 2.49. The van der Waals surface area contributed by atoms with Crippen molar-refractivity contribution in [3.63, 3.8) is 0 Å². The topological polar surface area (TPSA) is 42.4 Å². The summed E-state index contributed by atoms with van der Waals surface area (Å²) in [7, 11) is 0. The van der Waals surface area contributed by atoms with Crippen LogP contribution in [0.15, 0.2) is 18.3 Å². The lowest BCUT2D eigenvalue weighted by atomic mass is 9.78. The number of carbonyl (C=O) groups excluding carboxylic acids is 1. The highest BCUT2D eigenvalue weighted by atomic mass is 16.5. The maximum absolute atomic E-state index is 11.5. The summed E-state index contributed by atoms with van der Waals surface area (Å²) >= 11 is 0. The fraction of sp³-hybridized carbons (Fsp3) is 0.500. The molecule has 2 aliphatic rings. The van der Waals surface area contributed by atoms with Gasteiger partial charge in [0.25, 0.3) is 0 Å². The quantitative estimate of drug-likeness (QED) is 0.698. The first-order valence-electron chi connectivity index (χ1n) is 5.49. The third kappa shape index (κ3) is 1.33. The number of aromatic nitrogens is 1. The average Bonchev–Trinajstić information content (AvgIpc) is 2.14. The van der Waals surface area contributed by atoms with E-state index >= 15 is 0 Å². The third-order valence-electron chi connectivity index (χ3n) is 3.33. The Balaban J connectivity index is 1.82. The lowest BCUT2D eigenvalue weighted by Gasteiger charge is -2.55. The van der Waals surface area contributed by atoms with Crippen molar-refractivity contribution in [3.8, 4) is 0 Å². The van der Waals surface area contributed by atoms with Crippen molar-refractivity contribution in [2.75, 3.05) is 31.2 Å². The molecule has 1 spiro atoms. The van der Waals surface area contributed by atoms with E-state index in [1.54, 1.807) is 13.1 Å². The number of ether oxygens (including phenoxy) is 1. The molecule has 1 aromatic rings. The van der Waals surface area contributed by atoms with Gasteiger partial charge in [0, 0.05) is 19.3 Å². The zero-order valence-electron chi connectivity index (χ0n) is 9.27. The van der Waals surface area contributed by atoms with Gasteiger partial charge in [-0.1, -0.05) is 0 Å². The van der Waals surface area contributed by atoms with Crippen LogP contribution in [0.3, 0.4) is 0 Å². The van der Waals surface area contributed by atoms with Crippen LogP contribution in [0.1, 0.15) is 17.3 Å². The Morgan fingerprint density at radius 1 is 1.50 bits per heavy atom. The lowest BCUT2D eigenvalue weighted by molar-refractivity contribution is -0.127. The van der Waals surface area contributed by atoms with Crippen molar-refractivity contribution < 1.29 is 9.53 Å². The van der Waals surface area contributed by atoms with E-state index in [9.17, 15) is 4.79 Å². The van der Waals surface area contributed by atoms with Gasteiger partial charge >= 0.3 is 0 Å². The van der Waals surface area contributed by atoms with E-state index in [-0.39, 0.29) is 5.78 Å². The summed E-state index contributed by atoms with van der Waals surface area (Å²) in [5, 5.41) is 0. The molecule has 0 aliphatic carbocycles. The van der Waals surface area contributed by atoms with E-state index in [0.29, 0.717) is 5.41 Å². The van der Waals surface area contributed by atoms with Crippen LogP contribution in [-0.2, 0) is 4.74 Å². The molecule has 16 heavy (non-hydrogen) atoms. The van der Waals surface area contributed by atoms with E-state index in [1.165, 1.54) is 0 Å². The van der Waals surface area contributed by atoms with Gasteiger partial charge in [0.05, 0.1) is 24.2 Å². The minimum absolute atomic E-state index is 0.0777. The fourth-order valence-electron chi connectivity index (χ4n) is 2.41. The molecule has 0 atom stereocenters. The Labute approximate surface area is 94.2 Å². The summed E-state index contributed by atoms with van der Waals surface area (Å²) in [5.74, 6) is 0.904. The van der Waals surface area contributed by atoms with E-state index in [1.807, 2.05) is 12.1 Å². The molecule has 0 N–H and O–H groups in total. The normalized spacial score (nSPS) is 21.4. The van der Waals surface area contributed by atoms with Crippen molar-refractivity contribution >= 4 is 11.6 Å². The van der Waals surface area contributed by atoms with Gasteiger partial charge in [-0.2, -0.15) is 0 Å². The molecule has 84 valence electrons. The molecule has 4 nitrogen and oxygen atoms in total. The Bertz CT molecular complexity index is 432. The van der Waals surface area contributed by atoms with Crippen LogP contribution in [0.5, 0.6) is 0 Å². The molecule has 0 amide bonds. The molecule has 0 radical (unpaired) electrons. The van der Waals surface area contributed by atoms with Gasteiger partial charge in [0.1, 0.15) is 5.82 Å². The number of hydrogen-bond acceptors (Lipinski definition) is 4. The number of anilines is 1. The van der Waals surface area contributed by atoms with E-state index in [0.717, 1.165) is 37.7 Å². The Hall–Kier alpha value is -1.42. The molecular weight excluding hydrogens is 204 g/mol. The Kier molecular flexibility index (Phi) is 2.01. The molecule has 3 rings (SSSR count). The third-order valence-corrected chi connectivity index (χ3v) is 3.33. The lowest BCUT2D eigenvalue weighted by Crippen LogP contribution is -2.66. The van der Waals surface area contributed by atoms with Crippen molar-refractivity contribution in [2.24, 2.45) is 5.41 Å². The maximum atomic E-state index is 11.5. The van der Waals surface area contributed by atoms with Gasteiger partial charge in [-0.3, -0.25) is 4.79 Å². The molecule has 0 bridgehead atoms. The molecule has 2 fully saturated rings. The van der Waals surface area contributed by atoms with E-state index in [2.05, 4.69) is 9.88 Å². The van der Waals surface area contributed by atoms with Gasteiger partial charge in [0.15, 0.2) is 5.78 Å². The second-order valence-corrected chi connectivity index (χ2v) is 4.78. The second-order valence-electron chi connectivity index (χ2n) is 4.78. The highest BCUT2D eigenvalue weighted by Crippen LogP contribution is 2.40. The van der Waals surface area contributed by atoms with Crippen LogP contribution in [-0.4, -0.2) is 37.1 Å². The summed E-state index contributed by atoms with van der Waals surface area (Å²) in [5.41, 5.74) is 1.07. The first-order valence-corrected chi connectivity index (χ1v) is 5.49. The van der Waals surface area contributed by atoms with Crippen LogP contribution in [0.2, 0.25) is 0 Å². The molecular formula is C12H14N2O2. The number of Topliss-reactive ketones (excluding diaryl/α,β-unsaturated/α-hetero) is 1. The first-order chi connectivity index (χ1) is 7.70. The van der Waals surface area contributed by atoms with Crippen molar-refractivity contribution in [1.82, 2.24) is 4.98 Å². The van der Waals surface area contributed by atoms with Gasteiger partial charge in [-0.25, -0.2) is 4.98 Å². The predicted molar refractivity (Wildman–Crippen MR) is 59.7 cm³/mol. The number of ketones is 1. The van der Waals surface area contributed by atoms with Crippen molar-refractivity contribution in [2.45, 2.75) is 6.92 Å². The SMILES string of the molecule is CC(=O)c1cccnc1N1CC2(COC2)C1. The zero-order chi connectivity index (χ0) is 11.2. The van der Waals surface area contributed by atoms with Crippen molar-refractivity contribution in [1.29, 1.82) is 0 Å². The fourth-order valence-corrected chi connectivity index (χ4v) is 2.41. The second kappa shape index (κ2) is 3.28. The van der Waals surface area contributed by atoms with Crippen LogP contribution >= 0.6 is 0 Å². The van der Waals surface area contributed by atoms with Crippen LogP contribution in [0.4, 0.5) is 5.82 Å². The van der Waals surface area contributed by atoms with Crippen LogP contribution in [0, 0.1) is 5.41 Å². The van der Waals surface area contributed by atoms with Crippen molar-refractivity contribution in [3.05, 3.63) is 23.9 Å². The van der Waals surface area contributed by atoms with Gasteiger partial charge in [-0.15, -0.1) is 0 Å². The number of hydrogen-bond donors (Lipinski definition) is 0. The minimum atomic E-state index is 0.0777. The number of rotatable bonds is 2. The Morgan fingerprint density at radius 2 is 2.25 bits per heavy atom. The summed E-state index contributed by atoms with van der Waals surface area (Å²) in [6, 6.07) is 3.65. The Morgan fingerprint density at radius 3 is 2.81 bits per heavy atom. The zero-order valence-corrected chi connectivity index (χ0v) is 9.27. The van der Waals surface area contributed by atoms with E-state index < -0.39 is 0 Å². The summed E-state index contributed by atoms with van der Waals surface area (Å²) in [6.45, 7) is 5.22. The first kappa shape index (κ1) is 9.78. The van der Waals surface area contributed by atoms with E-state index in [4.69, 9.17) is 4.74 Å². The molecule has 0 aromatic carbocycles. The molecule has 0 saturated carbocycles. The summed E-state index contributed by atoms with van der Waals surface area (Å²) in [6.07, 6.45) is 1.74. The van der Waals surface area contributed by atoms with Crippen LogP contribution in [0.25, 0.3) is 0 Å². The number of nitrogens with zero attached hydrogens (tertiary/aromatic N) is 2. The molecule has 4 heteroatoms. The standard InChI is InChI=1S/C12H14N2O2/c1-9(15)10-3-2-4-13-11(10)14-5-12(6-14)7-16-8-12/h2-4H,5-8H2,1H3. The van der Waals surface area contributed by atoms with Crippen LogP contribution < -0.4 is 4.90 Å². The molecule has 2 saturated heterocycles. The van der Waals surface area contributed by atoms with Gasteiger partial charge in [0.2, 0.25) is 0 Å². The maximum Gasteiger partial charge on any atom is 0.163 e. The molecule has 0 unspecified atom stereocenters. The molecule has 1 aromatic heterocycles. The smallest absolute Gasteiger partial charge is 0.163 e. The molecule has 2 aliphatic heterocycles. The monoisotopic (exact) mass is 218 g/mol. The average molecular weight is 218 g/mol. The predicted octanol–water partition coefficient (Wildman–Crippen LogP) is 1.12. The highest BCUT2D eigenvalue weighted by molar-refractivity contribution is 5.98. The largest absolute Gasteiger partial charge is 0.380 e. The molecule has 3 heterocycles. The number of pyridine rings is 1.